The van der Waals surface area contributed by atoms with Gasteiger partial charge in [0.15, 0.2) is 5.13 Å². The molecular weight excluding hydrogens is 402 g/mol. The van der Waals surface area contributed by atoms with E-state index in [0.717, 1.165) is 42.2 Å². The van der Waals surface area contributed by atoms with Gasteiger partial charge in [-0.3, -0.25) is 0 Å². The van der Waals surface area contributed by atoms with Crippen LogP contribution in [0.25, 0.3) is 11.1 Å². The molecule has 3 aromatic rings. The zero-order chi connectivity index (χ0) is 20.3. The Morgan fingerprint density at radius 1 is 1.10 bits per heavy atom. The molecule has 152 valence electrons. The smallest absolute Gasteiger partial charge is 0.240 e. The van der Waals surface area contributed by atoms with Crippen molar-refractivity contribution in [2.45, 2.75) is 24.7 Å². The largest absolute Gasteiger partial charge is 0.348 e. The van der Waals surface area contributed by atoms with E-state index in [1.54, 1.807) is 23.5 Å². The maximum Gasteiger partial charge on any atom is 0.240 e. The van der Waals surface area contributed by atoms with E-state index in [1.807, 2.05) is 42.8 Å². The van der Waals surface area contributed by atoms with Crippen LogP contribution in [0.3, 0.4) is 0 Å². The molecule has 0 saturated carbocycles. The lowest BCUT2D eigenvalue weighted by molar-refractivity contribution is 0.410. The second kappa shape index (κ2) is 8.65. The minimum absolute atomic E-state index is 0.286. The zero-order valence-corrected chi connectivity index (χ0v) is 18.0. The second-order valence-electron chi connectivity index (χ2n) is 7.51. The first-order valence-electron chi connectivity index (χ1n) is 9.82. The number of nitrogens with zero attached hydrogens (tertiary/aromatic N) is 2. The Morgan fingerprint density at radius 2 is 1.79 bits per heavy atom. The van der Waals surface area contributed by atoms with Crippen LogP contribution in [0.15, 0.2) is 65.0 Å². The van der Waals surface area contributed by atoms with E-state index in [-0.39, 0.29) is 5.92 Å². The molecule has 1 aromatic heterocycles. The first-order chi connectivity index (χ1) is 14.0. The molecule has 1 aliphatic heterocycles. The number of aryl methyl sites for hydroxylation is 1. The van der Waals surface area contributed by atoms with E-state index in [0.29, 0.717) is 11.4 Å². The number of thiazole rings is 1. The summed E-state index contributed by atoms with van der Waals surface area (Å²) < 4.78 is 28.3. The Labute approximate surface area is 176 Å². The van der Waals surface area contributed by atoms with Crippen LogP contribution in [-0.2, 0) is 10.0 Å². The van der Waals surface area contributed by atoms with E-state index < -0.39 is 10.0 Å². The van der Waals surface area contributed by atoms with Gasteiger partial charge in [-0.15, -0.1) is 11.3 Å². The molecule has 1 unspecified atom stereocenters. The second-order valence-corrected chi connectivity index (χ2v) is 10.2. The summed E-state index contributed by atoms with van der Waals surface area (Å²) in [6.45, 7) is 4.32. The van der Waals surface area contributed by atoms with Crippen LogP contribution in [-0.4, -0.2) is 33.0 Å². The predicted octanol–water partition coefficient (Wildman–Crippen LogP) is 4.31. The van der Waals surface area contributed by atoms with Gasteiger partial charge in [-0.1, -0.05) is 42.0 Å². The average molecular weight is 428 g/mol. The Balaban J connectivity index is 1.39. The number of piperidine rings is 1. The van der Waals surface area contributed by atoms with Crippen molar-refractivity contribution in [3.8, 4) is 11.1 Å². The lowest BCUT2D eigenvalue weighted by Gasteiger charge is -2.32. The fourth-order valence-electron chi connectivity index (χ4n) is 3.66. The highest BCUT2D eigenvalue weighted by molar-refractivity contribution is 7.89. The lowest BCUT2D eigenvalue weighted by atomic mass is 9.99. The summed E-state index contributed by atoms with van der Waals surface area (Å²) in [5.74, 6) is 0.286. The van der Waals surface area contributed by atoms with Crippen LogP contribution in [0, 0.1) is 12.8 Å². The van der Waals surface area contributed by atoms with E-state index in [2.05, 4.69) is 26.7 Å². The molecule has 0 radical (unpaired) electrons. The Morgan fingerprint density at radius 3 is 2.45 bits per heavy atom. The minimum atomic E-state index is -3.52. The third kappa shape index (κ3) is 4.86. The third-order valence-electron chi connectivity index (χ3n) is 5.32. The van der Waals surface area contributed by atoms with E-state index in [4.69, 9.17) is 0 Å². The van der Waals surface area contributed by atoms with Gasteiger partial charge in [-0.25, -0.2) is 18.1 Å². The van der Waals surface area contributed by atoms with E-state index >= 15 is 0 Å². The van der Waals surface area contributed by atoms with Crippen molar-refractivity contribution in [3.63, 3.8) is 0 Å². The maximum atomic E-state index is 12.7. The lowest BCUT2D eigenvalue weighted by Crippen LogP contribution is -2.41. The highest BCUT2D eigenvalue weighted by Gasteiger charge is 2.23. The van der Waals surface area contributed by atoms with Crippen LogP contribution >= 0.6 is 11.3 Å². The zero-order valence-electron chi connectivity index (χ0n) is 16.4. The van der Waals surface area contributed by atoms with Gasteiger partial charge in [0.05, 0.1) is 4.90 Å². The monoisotopic (exact) mass is 427 g/mol. The Kier molecular flexibility index (Phi) is 5.99. The molecule has 0 bridgehead atoms. The fraction of sp³-hybridized carbons (Fsp3) is 0.318. The van der Waals surface area contributed by atoms with Crippen molar-refractivity contribution in [1.29, 1.82) is 0 Å². The average Bonchev–Trinajstić information content (AvgIpc) is 3.28. The molecule has 1 N–H and O–H groups in total. The van der Waals surface area contributed by atoms with Gasteiger partial charge in [0, 0.05) is 31.2 Å². The Hall–Kier alpha value is -2.22. The number of nitrogens with one attached hydrogen (secondary N) is 1. The van der Waals surface area contributed by atoms with Gasteiger partial charge in [0.2, 0.25) is 10.0 Å². The van der Waals surface area contributed by atoms with Crippen molar-refractivity contribution in [2.75, 3.05) is 24.5 Å². The summed E-state index contributed by atoms with van der Waals surface area (Å²) in [6.07, 6.45) is 3.89. The topological polar surface area (TPSA) is 62.3 Å². The van der Waals surface area contributed by atoms with Gasteiger partial charge in [0.25, 0.3) is 0 Å². The van der Waals surface area contributed by atoms with Crippen molar-refractivity contribution in [2.24, 2.45) is 5.92 Å². The quantitative estimate of drug-likeness (QED) is 0.637. The normalized spacial score (nSPS) is 17.4. The number of hydrogen-bond acceptors (Lipinski definition) is 5. The summed E-state index contributed by atoms with van der Waals surface area (Å²) in [6, 6.07) is 15.3. The number of aromatic nitrogens is 1. The molecule has 1 fully saturated rings. The predicted molar refractivity (Wildman–Crippen MR) is 119 cm³/mol. The molecule has 5 nitrogen and oxygen atoms in total. The molecule has 7 heteroatoms. The summed E-state index contributed by atoms with van der Waals surface area (Å²) >= 11 is 1.63. The van der Waals surface area contributed by atoms with Crippen LogP contribution in [0.5, 0.6) is 0 Å². The van der Waals surface area contributed by atoms with Crippen molar-refractivity contribution in [3.05, 3.63) is 65.7 Å². The van der Waals surface area contributed by atoms with Crippen molar-refractivity contribution >= 4 is 26.5 Å². The molecule has 29 heavy (non-hydrogen) atoms. The molecule has 2 heterocycles. The summed E-state index contributed by atoms with van der Waals surface area (Å²) in [5, 5.41) is 2.99. The number of hydrogen-bond donors (Lipinski definition) is 1. The van der Waals surface area contributed by atoms with Gasteiger partial charge in [0.1, 0.15) is 0 Å². The first kappa shape index (κ1) is 20.1. The van der Waals surface area contributed by atoms with Crippen molar-refractivity contribution < 1.29 is 8.42 Å². The van der Waals surface area contributed by atoms with Crippen LogP contribution < -0.4 is 9.62 Å². The molecular formula is C22H25N3O2S2. The number of sulfonamides is 1. The Bertz CT molecular complexity index is 1030. The summed E-state index contributed by atoms with van der Waals surface area (Å²) in [4.78, 5) is 6.93. The van der Waals surface area contributed by atoms with Crippen LogP contribution in [0.4, 0.5) is 5.13 Å². The standard InChI is InChI=1S/C22H25N3O2S2/c1-17-4-6-19(7-5-17)20-8-10-21(11-9-20)29(26,27)24-15-18-3-2-13-25(16-18)22-23-12-14-28-22/h4-12,14,18,24H,2-3,13,15-16H2,1H3. The van der Waals surface area contributed by atoms with Crippen LogP contribution in [0.1, 0.15) is 18.4 Å². The van der Waals surface area contributed by atoms with Gasteiger partial charge < -0.3 is 4.90 Å². The number of rotatable bonds is 6. The number of anilines is 1. The molecule has 1 saturated heterocycles. The van der Waals surface area contributed by atoms with E-state index in [9.17, 15) is 8.42 Å². The van der Waals surface area contributed by atoms with Gasteiger partial charge >= 0.3 is 0 Å². The minimum Gasteiger partial charge on any atom is -0.348 e. The van der Waals surface area contributed by atoms with Gasteiger partial charge in [-0.05, 0) is 48.9 Å². The van der Waals surface area contributed by atoms with E-state index in [1.165, 1.54) is 5.56 Å². The highest BCUT2D eigenvalue weighted by Crippen LogP contribution is 2.25. The summed E-state index contributed by atoms with van der Waals surface area (Å²) in [7, 11) is -3.52. The maximum absolute atomic E-state index is 12.7. The summed E-state index contributed by atoms with van der Waals surface area (Å²) in [5.41, 5.74) is 3.29. The first-order valence-corrected chi connectivity index (χ1v) is 12.2. The third-order valence-corrected chi connectivity index (χ3v) is 7.59. The SMILES string of the molecule is Cc1ccc(-c2ccc(S(=O)(=O)NCC3CCCN(c4nccs4)C3)cc2)cc1. The molecule has 2 aromatic carbocycles. The molecule has 0 spiro atoms. The number of benzene rings is 2. The van der Waals surface area contributed by atoms with Gasteiger partial charge in [-0.2, -0.15) is 0 Å². The highest BCUT2D eigenvalue weighted by atomic mass is 32.2. The fourth-order valence-corrected chi connectivity index (χ4v) is 5.46. The molecule has 0 amide bonds. The molecule has 1 atom stereocenters. The van der Waals surface area contributed by atoms with Crippen LogP contribution in [0.2, 0.25) is 0 Å². The van der Waals surface area contributed by atoms with Crippen molar-refractivity contribution in [1.82, 2.24) is 9.71 Å². The molecule has 4 rings (SSSR count). The molecule has 0 aliphatic carbocycles. The molecule has 1 aliphatic rings.